The van der Waals surface area contributed by atoms with Gasteiger partial charge >= 0.3 is 6.09 Å². The SMILES string of the molecule is CCN(OC)C(=O)OC(C)(C)C. The summed E-state index contributed by atoms with van der Waals surface area (Å²) < 4.78 is 5.04. The molecule has 0 aliphatic heterocycles. The molecule has 0 radical (unpaired) electrons. The highest BCUT2D eigenvalue weighted by molar-refractivity contribution is 5.66. The first-order valence-corrected chi connectivity index (χ1v) is 3.95. The largest absolute Gasteiger partial charge is 0.442 e. The second kappa shape index (κ2) is 4.30. The van der Waals surface area contributed by atoms with Crippen molar-refractivity contribution in [3.63, 3.8) is 0 Å². The third-order valence-electron chi connectivity index (χ3n) is 1.10. The molecule has 1 amide bonds. The molecule has 0 atom stereocenters. The average Bonchev–Trinajstić information content (AvgIpc) is 1.85. The summed E-state index contributed by atoms with van der Waals surface area (Å²) in [6, 6.07) is 0. The zero-order chi connectivity index (χ0) is 9.78. The predicted molar refractivity (Wildman–Crippen MR) is 45.6 cm³/mol. The summed E-state index contributed by atoms with van der Waals surface area (Å²) in [7, 11) is 1.44. The minimum atomic E-state index is -0.469. The van der Waals surface area contributed by atoms with Crippen LogP contribution >= 0.6 is 0 Å². The molecule has 72 valence electrons. The van der Waals surface area contributed by atoms with Crippen LogP contribution in [-0.4, -0.2) is 30.4 Å². The zero-order valence-electron chi connectivity index (χ0n) is 8.38. The molecule has 0 aromatic carbocycles. The van der Waals surface area contributed by atoms with E-state index in [1.807, 2.05) is 27.7 Å². The van der Waals surface area contributed by atoms with Crippen molar-refractivity contribution in [2.75, 3.05) is 13.7 Å². The van der Waals surface area contributed by atoms with Crippen LogP contribution in [0.2, 0.25) is 0 Å². The van der Waals surface area contributed by atoms with E-state index in [2.05, 4.69) is 0 Å². The molecule has 0 N–H and O–H groups in total. The van der Waals surface area contributed by atoms with E-state index in [0.29, 0.717) is 6.54 Å². The van der Waals surface area contributed by atoms with E-state index in [1.165, 1.54) is 7.11 Å². The fraction of sp³-hybridized carbons (Fsp3) is 0.875. The van der Waals surface area contributed by atoms with E-state index in [4.69, 9.17) is 9.57 Å². The van der Waals surface area contributed by atoms with Crippen LogP contribution in [0.5, 0.6) is 0 Å². The predicted octanol–water partition coefficient (Wildman–Crippen LogP) is 1.80. The summed E-state index contributed by atoms with van der Waals surface area (Å²) in [6.07, 6.45) is -0.451. The van der Waals surface area contributed by atoms with Gasteiger partial charge in [-0.25, -0.2) is 4.79 Å². The summed E-state index contributed by atoms with van der Waals surface area (Å²) in [6.45, 7) is 7.73. The minimum Gasteiger partial charge on any atom is -0.442 e. The lowest BCUT2D eigenvalue weighted by Crippen LogP contribution is -2.35. The molecule has 4 heteroatoms. The highest BCUT2D eigenvalue weighted by atomic mass is 16.7. The van der Waals surface area contributed by atoms with Gasteiger partial charge in [-0.3, -0.25) is 4.84 Å². The number of nitrogens with zero attached hydrogens (tertiary/aromatic N) is 1. The Labute approximate surface area is 73.4 Å². The number of ether oxygens (including phenoxy) is 1. The lowest BCUT2D eigenvalue weighted by Gasteiger charge is -2.24. The summed E-state index contributed by atoms with van der Waals surface area (Å²) in [5, 5.41) is 1.16. The number of carbonyl (C=O) groups excluding carboxylic acids is 1. The van der Waals surface area contributed by atoms with Gasteiger partial charge in [0.1, 0.15) is 5.60 Å². The van der Waals surface area contributed by atoms with Gasteiger partial charge in [0.05, 0.1) is 7.11 Å². The van der Waals surface area contributed by atoms with Crippen LogP contribution in [-0.2, 0) is 9.57 Å². The van der Waals surface area contributed by atoms with Crippen molar-refractivity contribution in [3.05, 3.63) is 0 Å². The van der Waals surface area contributed by atoms with Crippen LogP contribution in [0.4, 0.5) is 4.79 Å². The number of hydroxylamine groups is 2. The first kappa shape index (κ1) is 11.2. The van der Waals surface area contributed by atoms with Crippen molar-refractivity contribution in [1.82, 2.24) is 5.06 Å². The van der Waals surface area contributed by atoms with Gasteiger partial charge in [-0.2, -0.15) is 5.06 Å². The molecule has 0 saturated heterocycles. The van der Waals surface area contributed by atoms with E-state index >= 15 is 0 Å². The number of hydrogen-bond acceptors (Lipinski definition) is 3. The minimum absolute atomic E-state index is 0.451. The average molecular weight is 175 g/mol. The molecule has 0 rings (SSSR count). The third-order valence-corrected chi connectivity index (χ3v) is 1.10. The quantitative estimate of drug-likeness (QED) is 0.601. The van der Waals surface area contributed by atoms with Crippen molar-refractivity contribution >= 4 is 6.09 Å². The molecule has 0 aromatic rings. The van der Waals surface area contributed by atoms with Gasteiger partial charge in [-0.1, -0.05) is 0 Å². The smallest absolute Gasteiger partial charge is 0.434 e. The maximum Gasteiger partial charge on any atom is 0.434 e. The molecule has 0 aliphatic carbocycles. The fourth-order valence-electron chi connectivity index (χ4n) is 0.646. The number of amides is 1. The molecule has 12 heavy (non-hydrogen) atoms. The standard InChI is InChI=1S/C8H17NO3/c1-6-9(11-5)7(10)12-8(2,3)4/h6H2,1-5H3. The van der Waals surface area contributed by atoms with Crippen molar-refractivity contribution in [2.24, 2.45) is 0 Å². The molecule has 0 bridgehead atoms. The Hall–Kier alpha value is -0.770. The van der Waals surface area contributed by atoms with Gasteiger partial charge in [0.2, 0.25) is 0 Å². The van der Waals surface area contributed by atoms with Gasteiger partial charge in [-0.05, 0) is 27.7 Å². The molecule has 0 fully saturated rings. The van der Waals surface area contributed by atoms with Crippen molar-refractivity contribution in [1.29, 1.82) is 0 Å². The second-order valence-corrected chi connectivity index (χ2v) is 3.36. The Morgan fingerprint density at radius 1 is 1.42 bits per heavy atom. The lowest BCUT2D eigenvalue weighted by molar-refractivity contribution is -0.120. The van der Waals surface area contributed by atoms with E-state index in [-0.39, 0.29) is 0 Å². The summed E-state index contributed by atoms with van der Waals surface area (Å²) in [5.41, 5.74) is -0.469. The Kier molecular flexibility index (Phi) is 4.03. The van der Waals surface area contributed by atoms with Gasteiger partial charge < -0.3 is 4.74 Å². The maximum atomic E-state index is 11.2. The molecule has 0 unspecified atom stereocenters. The van der Waals surface area contributed by atoms with Crippen molar-refractivity contribution < 1.29 is 14.4 Å². The topological polar surface area (TPSA) is 38.8 Å². The first-order valence-electron chi connectivity index (χ1n) is 3.95. The highest BCUT2D eigenvalue weighted by Gasteiger charge is 2.20. The number of rotatable bonds is 2. The first-order chi connectivity index (χ1) is 5.40. The Morgan fingerprint density at radius 2 is 1.92 bits per heavy atom. The monoisotopic (exact) mass is 175 g/mol. The summed E-state index contributed by atoms with van der Waals surface area (Å²) >= 11 is 0. The van der Waals surface area contributed by atoms with Gasteiger partial charge in [-0.15, -0.1) is 0 Å². The molecular weight excluding hydrogens is 158 g/mol. The van der Waals surface area contributed by atoms with Crippen LogP contribution in [0.1, 0.15) is 27.7 Å². The highest BCUT2D eigenvalue weighted by Crippen LogP contribution is 2.09. The second-order valence-electron chi connectivity index (χ2n) is 3.36. The number of carbonyl (C=O) groups is 1. The summed E-state index contributed by atoms with van der Waals surface area (Å²) in [4.78, 5) is 16.0. The van der Waals surface area contributed by atoms with Gasteiger partial charge in [0.15, 0.2) is 0 Å². The summed E-state index contributed by atoms with van der Waals surface area (Å²) in [5.74, 6) is 0. The van der Waals surface area contributed by atoms with Gasteiger partial charge in [0, 0.05) is 6.54 Å². The van der Waals surface area contributed by atoms with Crippen molar-refractivity contribution in [3.8, 4) is 0 Å². The van der Waals surface area contributed by atoms with Crippen molar-refractivity contribution in [2.45, 2.75) is 33.3 Å². The third kappa shape index (κ3) is 4.18. The van der Waals surface area contributed by atoms with E-state index in [0.717, 1.165) is 5.06 Å². The normalized spacial score (nSPS) is 11.1. The van der Waals surface area contributed by atoms with Gasteiger partial charge in [0.25, 0.3) is 0 Å². The van der Waals surface area contributed by atoms with E-state index < -0.39 is 11.7 Å². The zero-order valence-corrected chi connectivity index (χ0v) is 8.38. The van der Waals surface area contributed by atoms with Crippen LogP contribution in [0.15, 0.2) is 0 Å². The molecule has 4 nitrogen and oxygen atoms in total. The number of hydrogen-bond donors (Lipinski definition) is 0. The van der Waals surface area contributed by atoms with Crippen LogP contribution in [0, 0.1) is 0 Å². The maximum absolute atomic E-state index is 11.2. The van der Waals surface area contributed by atoms with Crippen LogP contribution < -0.4 is 0 Å². The lowest BCUT2D eigenvalue weighted by atomic mass is 10.2. The molecule has 0 saturated carbocycles. The fourth-order valence-corrected chi connectivity index (χ4v) is 0.646. The van der Waals surface area contributed by atoms with Crippen LogP contribution in [0.25, 0.3) is 0 Å². The van der Waals surface area contributed by atoms with E-state index in [9.17, 15) is 4.79 Å². The Balaban J connectivity index is 4.02. The Morgan fingerprint density at radius 3 is 2.17 bits per heavy atom. The molecule has 0 spiro atoms. The Bertz CT molecular complexity index is 147. The molecule has 0 aliphatic rings. The molecule has 0 heterocycles. The van der Waals surface area contributed by atoms with E-state index in [1.54, 1.807) is 0 Å². The van der Waals surface area contributed by atoms with Crippen LogP contribution in [0.3, 0.4) is 0 Å². The molecular formula is C8H17NO3. The molecule has 0 aromatic heterocycles.